The molecule has 2 aromatic carbocycles. The predicted octanol–water partition coefficient (Wildman–Crippen LogP) is 6.64. The fourth-order valence-corrected chi connectivity index (χ4v) is 6.63. The zero-order valence-corrected chi connectivity index (χ0v) is 20.8. The first-order chi connectivity index (χ1) is 15.8. The molecule has 0 radical (unpaired) electrons. The number of methoxy groups -OCH3 is 2. The monoisotopic (exact) mass is 450 g/mol. The van der Waals surface area contributed by atoms with Gasteiger partial charge in [-0.1, -0.05) is 57.5 Å². The van der Waals surface area contributed by atoms with Crippen LogP contribution in [0.15, 0.2) is 42.5 Å². The molecule has 2 aromatic rings. The normalized spacial score (nSPS) is 26.4. The Bertz CT molecular complexity index is 981. The highest BCUT2D eigenvalue weighted by Crippen LogP contribution is 2.59. The van der Waals surface area contributed by atoms with Crippen molar-refractivity contribution in [3.63, 3.8) is 0 Å². The molecule has 2 fully saturated rings. The average Bonchev–Trinajstić information content (AvgIpc) is 2.80. The zero-order chi connectivity index (χ0) is 23.6. The van der Waals surface area contributed by atoms with Crippen molar-refractivity contribution in [2.45, 2.75) is 65.9 Å². The SMILES string of the molecule is COc1cc(C[C@H]2C(=O)CC[C@H]3C(C)(C)CCC[C@]23C)c(OCc2ccccc2)cc1OC. The van der Waals surface area contributed by atoms with Crippen LogP contribution in [0.3, 0.4) is 0 Å². The standard InChI is InChI=1S/C29H38O4/c1-28(2)14-9-15-29(3)22(23(30)12-13-27(28)29)16-21-17-25(31-4)26(32-5)18-24(21)33-19-20-10-7-6-8-11-20/h6-8,10-11,17-18,22,27H,9,12-16,19H2,1-5H3/t22-,27-,29+/m0/s1. The predicted molar refractivity (Wildman–Crippen MR) is 131 cm³/mol. The van der Waals surface area contributed by atoms with Gasteiger partial charge < -0.3 is 14.2 Å². The number of fused-ring (bicyclic) bond motifs is 1. The maximum absolute atomic E-state index is 13.3. The third-order valence-corrected chi connectivity index (χ3v) is 8.37. The first kappa shape index (κ1) is 23.7. The zero-order valence-electron chi connectivity index (χ0n) is 20.8. The van der Waals surface area contributed by atoms with Crippen molar-refractivity contribution in [2.75, 3.05) is 14.2 Å². The fraction of sp³-hybridized carbons (Fsp3) is 0.552. The van der Waals surface area contributed by atoms with Crippen molar-refractivity contribution in [2.24, 2.45) is 22.7 Å². The number of rotatable bonds is 7. The molecule has 0 aromatic heterocycles. The molecule has 0 aliphatic heterocycles. The number of hydrogen-bond donors (Lipinski definition) is 0. The summed E-state index contributed by atoms with van der Waals surface area (Å²) in [6.07, 6.45) is 5.92. The number of Topliss-reactive ketones (excluding diaryl/α,β-unsaturated/α-hetero) is 1. The Balaban J connectivity index is 1.68. The van der Waals surface area contributed by atoms with Crippen molar-refractivity contribution < 1.29 is 19.0 Å². The van der Waals surface area contributed by atoms with Gasteiger partial charge in [-0.3, -0.25) is 4.79 Å². The molecule has 33 heavy (non-hydrogen) atoms. The minimum Gasteiger partial charge on any atom is -0.493 e. The van der Waals surface area contributed by atoms with Crippen LogP contribution in [0.5, 0.6) is 17.2 Å². The van der Waals surface area contributed by atoms with Crippen LogP contribution < -0.4 is 14.2 Å². The molecule has 0 N–H and O–H groups in total. The second kappa shape index (κ2) is 9.40. The van der Waals surface area contributed by atoms with Crippen LogP contribution in [-0.2, 0) is 17.8 Å². The molecule has 0 bridgehead atoms. The van der Waals surface area contributed by atoms with Crippen LogP contribution in [0, 0.1) is 22.7 Å². The molecule has 4 heteroatoms. The van der Waals surface area contributed by atoms with Crippen LogP contribution in [0.2, 0.25) is 0 Å². The van der Waals surface area contributed by atoms with Crippen LogP contribution in [0.1, 0.15) is 64.0 Å². The molecule has 0 amide bonds. The van der Waals surface area contributed by atoms with E-state index in [1.807, 2.05) is 30.3 Å². The van der Waals surface area contributed by atoms with E-state index in [0.717, 1.165) is 29.7 Å². The smallest absolute Gasteiger partial charge is 0.164 e. The Morgan fingerprint density at radius 1 is 0.939 bits per heavy atom. The van der Waals surface area contributed by atoms with Gasteiger partial charge in [0.25, 0.3) is 0 Å². The first-order valence-corrected chi connectivity index (χ1v) is 12.2. The van der Waals surface area contributed by atoms with Gasteiger partial charge in [-0.05, 0) is 59.6 Å². The van der Waals surface area contributed by atoms with E-state index >= 15 is 0 Å². The lowest BCUT2D eigenvalue weighted by Gasteiger charge is -2.56. The molecule has 2 saturated carbocycles. The summed E-state index contributed by atoms with van der Waals surface area (Å²) in [6.45, 7) is 7.62. The van der Waals surface area contributed by atoms with Gasteiger partial charge in [-0.2, -0.15) is 0 Å². The summed E-state index contributed by atoms with van der Waals surface area (Å²) in [7, 11) is 3.29. The minimum atomic E-state index is -0.00648. The van der Waals surface area contributed by atoms with E-state index in [1.54, 1.807) is 14.2 Å². The van der Waals surface area contributed by atoms with Gasteiger partial charge in [0.15, 0.2) is 11.5 Å². The van der Waals surface area contributed by atoms with Crippen LogP contribution >= 0.6 is 0 Å². The maximum Gasteiger partial charge on any atom is 0.164 e. The topological polar surface area (TPSA) is 44.8 Å². The molecular formula is C29H38O4. The van der Waals surface area contributed by atoms with Crippen molar-refractivity contribution in [1.82, 2.24) is 0 Å². The Morgan fingerprint density at radius 3 is 2.33 bits per heavy atom. The van der Waals surface area contributed by atoms with Gasteiger partial charge in [-0.25, -0.2) is 0 Å². The Hall–Kier alpha value is -2.49. The number of carbonyl (C=O) groups excluding carboxylic acids is 1. The van der Waals surface area contributed by atoms with Gasteiger partial charge >= 0.3 is 0 Å². The molecule has 0 heterocycles. The van der Waals surface area contributed by atoms with Gasteiger partial charge in [0.2, 0.25) is 0 Å². The quantitative estimate of drug-likeness (QED) is 0.474. The van der Waals surface area contributed by atoms with E-state index in [1.165, 1.54) is 12.8 Å². The van der Waals surface area contributed by atoms with E-state index in [-0.39, 0.29) is 16.7 Å². The lowest BCUT2D eigenvalue weighted by Crippen LogP contribution is -2.52. The van der Waals surface area contributed by atoms with E-state index in [0.29, 0.717) is 42.6 Å². The van der Waals surface area contributed by atoms with Gasteiger partial charge in [-0.15, -0.1) is 0 Å². The van der Waals surface area contributed by atoms with Gasteiger partial charge in [0.1, 0.15) is 18.1 Å². The minimum absolute atomic E-state index is 0.00648. The van der Waals surface area contributed by atoms with E-state index in [4.69, 9.17) is 14.2 Å². The summed E-state index contributed by atoms with van der Waals surface area (Å²) in [4.78, 5) is 13.3. The summed E-state index contributed by atoms with van der Waals surface area (Å²) in [5.41, 5.74) is 2.41. The third kappa shape index (κ3) is 4.62. The lowest BCUT2D eigenvalue weighted by molar-refractivity contribution is -0.142. The van der Waals surface area contributed by atoms with E-state index in [2.05, 4.69) is 32.9 Å². The highest BCUT2D eigenvalue weighted by Gasteiger charge is 2.54. The molecule has 4 nitrogen and oxygen atoms in total. The van der Waals surface area contributed by atoms with Crippen molar-refractivity contribution >= 4 is 5.78 Å². The highest BCUT2D eigenvalue weighted by molar-refractivity contribution is 5.83. The molecule has 0 spiro atoms. The first-order valence-electron chi connectivity index (χ1n) is 12.2. The van der Waals surface area contributed by atoms with E-state index in [9.17, 15) is 4.79 Å². The molecule has 2 aliphatic rings. The number of hydrogen-bond acceptors (Lipinski definition) is 4. The number of ether oxygens (including phenoxy) is 3. The number of benzene rings is 2. The lowest BCUT2D eigenvalue weighted by atomic mass is 9.47. The molecule has 0 saturated heterocycles. The highest BCUT2D eigenvalue weighted by atomic mass is 16.5. The average molecular weight is 451 g/mol. The maximum atomic E-state index is 13.3. The Morgan fingerprint density at radius 2 is 1.64 bits per heavy atom. The summed E-state index contributed by atoms with van der Waals surface area (Å²) in [6, 6.07) is 14.1. The Kier molecular flexibility index (Phi) is 6.74. The molecular weight excluding hydrogens is 412 g/mol. The van der Waals surface area contributed by atoms with Gasteiger partial charge in [0, 0.05) is 18.4 Å². The third-order valence-electron chi connectivity index (χ3n) is 8.37. The van der Waals surface area contributed by atoms with Gasteiger partial charge in [0.05, 0.1) is 14.2 Å². The number of carbonyl (C=O) groups is 1. The molecule has 4 rings (SSSR count). The van der Waals surface area contributed by atoms with Crippen molar-refractivity contribution in [1.29, 1.82) is 0 Å². The largest absolute Gasteiger partial charge is 0.493 e. The summed E-state index contributed by atoms with van der Waals surface area (Å²) >= 11 is 0. The summed E-state index contributed by atoms with van der Waals surface area (Å²) in [5, 5.41) is 0. The Labute approximate surface area is 198 Å². The van der Waals surface area contributed by atoms with Crippen LogP contribution in [0.25, 0.3) is 0 Å². The molecule has 3 atom stereocenters. The van der Waals surface area contributed by atoms with Crippen LogP contribution in [0.4, 0.5) is 0 Å². The van der Waals surface area contributed by atoms with Crippen molar-refractivity contribution in [3.8, 4) is 17.2 Å². The summed E-state index contributed by atoms with van der Waals surface area (Å²) < 4.78 is 17.5. The molecule has 0 unspecified atom stereocenters. The molecule has 2 aliphatic carbocycles. The number of ketones is 1. The second-order valence-corrected chi connectivity index (χ2v) is 10.8. The van der Waals surface area contributed by atoms with Crippen LogP contribution in [-0.4, -0.2) is 20.0 Å². The van der Waals surface area contributed by atoms with E-state index < -0.39 is 0 Å². The molecule has 178 valence electrons. The van der Waals surface area contributed by atoms with Crippen molar-refractivity contribution in [3.05, 3.63) is 53.6 Å². The second-order valence-electron chi connectivity index (χ2n) is 10.8. The fourth-order valence-electron chi connectivity index (χ4n) is 6.63. The summed E-state index contributed by atoms with van der Waals surface area (Å²) in [5.74, 6) is 3.04.